The summed E-state index contributed by atoms with van der Waals surface area (Å²) in [4.78, 5) is 16.8. The Hall–Kier alpha value is -1.90. The first-order valence-corrected chi connectivity index (χ1v) is 9.91. The summed E-state index contributed by atoms with van der Waals surface area (Å²) < 4.78 is 52.8. The number of rotatable bonds is 4. The molecule has 4 nitrogen and oxygen atoms in total. The molecule has 1 amide bonds. The monoisotopic (exact) mass is 464 g/mol. The fourth-order valence-electron chi connectivity index (χ4n) is 3.57. The van der Waals surface area contributed by atoms with Crippen LogP contribution in [-0.2, 0) is 6.18 Å². The number of alkyl halides is 4. The quantitative estimate of drug-likeness (QED) is 0.462. The summed E-state index contributed by atoms with van der Waals surface area (Å²) in [6.07, 6.45) is -4.12. The lowest BCUT2D eigenvalue weighted by Crippen LogP contribution is -2.48. The van der Waals surface area contributed by atoms with Crippen LogP contribution in [-0.4, -0.2) is 27.8 Å². The topological polar surface area (TPSA) is 62.2 Å². The van der Waals surface area contributed by atoms with Gasteiger partial charge in [-0.3, -0.25) is 4.79 Å². The zero-order chi connectivity index (χ0) is 22.1. The van der Waals surface area contributed by atoms with E-state index in [1.807, 2.05) is 0 Å². The molecule has 1 aliphatic carbocycles. The molecule has 1 unspecified atom stereocenters. The Kier molecular flexibility index (Phi) is 6.60. The van der Waals surface area contributed by atoms with Gasteiger partial charge >= 0.3 is 6.18 Å². The molecule has 1 fully saturated rings. The van der Waals surface area contributed by atoms with Gasteiger partial charge in [0, 0.05) is 11.8 Å². The van der Waals surface area contributed by atoms with Crippen molar-refractivity contribution in [3.63, 3.8) is 0 Å². The second-order valence-corrected chi connectivity index (χ2v) is 8.03. The van der Waals surface area contributed by atoms with E-state index in [9.17, 15) is 27.5 Å². The van der Waals surface area contributed by atoms with Crippen molar-refractivity contribution in [1.29, 1.82) is 0 Å². The number of aromatic nitrogens is 1. The van der Waals surface area contributed by atoms with Crippen molar-refractivity contribution < 1.29 is 27.5 Å². The number of carbonyl (C=O) groups is 1. The lowest BCUT2D eigenvalue weighted by molar-refractivity contribution is -0.137. The first-order valence-electron chi connectivity index (χ1n) is 9.16. The lowest BCUT2D eigenvalue weighted by Gasteiger charge is -2.40. The number of hydrogen-bond donors (Lipinski definition) is 2. The van der Waals surface area contributed by atoms with Gasteiger partial charge in [0.15, 0.2) is 0 Å². The van der Waals surface area contributed by atoms with Crippen molar-refractivity contribution in [2.24, 2.45) is 0 Å². The van der Waals surface area contributed by atoms with Gasteiger partial charge in [-0.25, -0.2) is 9.37 Å². The van der Waals surface area contributed by atoms with Gasteiger partial charge in [-0.2, -0.15) is 13.2 Å². The van der Waals surface area contributed by atoms with Crippen LogP contribution in [0.2, 0.25) is 10.2 Å². The molecule has 0 radical (unpaired) electrons. The predicted molar refractivity (Wildman–Crippen MR) is 104 cm³/mol. The van der Waals surface area contributed by atoms with Crippen LogP contribution in [0.4, 0.5) is 17.6 Å². The van der Waals surface area contributed by atoms with E-state index in [1.165, 1.54) is 12.3 Å². The molecule has 1 saturated carbocycles. The highest BCUT2D eigenvalue weighted by Gasteiger charge is 2.43. The number of pyridine rings is 1. The van der Waals surface area contributed by atoms with E-state index >= 15 is 0 Å². The Balaban J connectivity index is 1.98. The second kappa shape index (κ2) is 8.69. The van der Waals surface area contributed by atoms with Gasteiger partial charge in [-0.15, -0.1) is 0 Å². The molecule has 1 aliphatic rings. The zero-order valence-electron chi connectivity index (χ0n) is 15.5. The third-order valence-electron chi connectivity index (χ3n) is 5.23. The molecule has 3 rings (SSSR count). The van der Waals surface area contributed by atoms with Crippen LogP contribution in [0.1, 0.15) is 53.2 Å². The number of carbonyl (C=O) groups excluding carboxylic acids is 1. The van der Waals surface area contributed by atoms with Gasteiger partial charge in [-0.1, -0.05) is 29.3 Å². The summed E-state index contributed by atoms with van der Waals surface area (Å²) in [5.74, 6) is -0.924. The van der Waals surface area contributed by atoms with Crippen molar-refractivity contribution in [2.45, 2.75) is 49.7 Å². The van der Waals surface area contributed by atoms with Crippen molar-refractivity contribution >= 4 is 29.1 Å². The SMILES string of the molecule is O=C(NC(c1cccnc1Cl)[C@]1(O)CC[C@H](F)CC1)c1cc(C(F)(F)F)ccc1Cl. The third kappa shape index (κ3) is 4.87. The van der Waals surface area contributed by atoms with Crippen LogP contribution in [0.15, 0.2) is 36.5 Å². The molecule has 1 aromatic heterocycles. The standard InChI is InChI=1S/C20H18Cl2F4N2O2/c21-15-4-3-11(20(24,25)26)10-14(15)18(29)28-16(13-2-1-9-27-17(13)22)19(30)7-5-12(23)6-8-19/h1-4,9-10,12,16,30H,5-8H2,(H,28,29)/t12-,16?,19-. The third-order valence-corrected chi connectivity index (χ3v) is 5.88. The van der Waals surface area contributed by atoms with E-state index in [2.05, 4.69) is 10.3 Å². The lowest BCUT2D eigenvalue weighted by atomic mass is 9.76. The maximum atomic E-state index is 13.6. The normalized spacial score (nSPS) is 23.1. The molecule has 0 bridgehead atoms. The smallest absolute Gasteiger partial charge is 0.387 e. The summed E-state index contributed by atoms with van der Waals surface area (Å²) in [5.41, 5.74) is -2.72. The molecular weight excluding hydrogens is 447 g/mol. The highest BCUT2D eigenvalue weighted by molar-refractivity contribution is 6.34. The Bertz CT molecular complexity index is 931. The largest absolute Gasteiger partial charge is 0.416 e. The predicted octanol–water partition coefficient (Wildman–Crippen LogP) is 5.52. The van der Waals surface area contributed by atoms with Crippen molar-refractivity contribution in [1.82, 2.24) is 10.3 Å². The fourth-order valence-corrected chi connectivity index (χ4v) is 4.00. The van der Waals surface area contributed by atoms with Crippen molar-refractivity contribution in [3.05, 3.63) is 63.4 Å². The van der Waals surface area contributed by atoms with Gasteiger partial charge in [0.1, 0.15) is 11.3 Å². The minimum absolute atomic E-state index is 0.00809. The van der Waals surface area contributed by atoms with Crippen LogP contribution in [0.3, 0.4) is 0 Å². The average Bonchev–Trinajstić information content (AvgIpc) is 2.68. The minimum Gasteiger partial charge on any atom is -0.387 e. The first-order chi connectivity index (χ1) is 14.0. The second-order valence-electron chi connectivity index (χ2n) is 7.26. The number of benzene rings is 1. The van der Waals surface area contributed by atoms with Crippen LogP contribution in [0.5, 0.6) is 0 Å². The summed E-state index contributed by atoms with van der Waals surface area (Å²) in [6.45, 7) is 0. The molecule has 0 saturated heterocycles. The molecule has 2 N–H and O–H groups in total. The summed E-state index contributed by atoms with van der Waals surface area (Å²) in [5, 5.41) is 13.6. The number of halogens is 6. The maximum absolute atomic E-state index is 13.6. The van der Waals surface area contributed by atoms with Crippen LogP contribution in [0.25, 0.3) is 0 Å². The highest BCUT2D eigenvalue weighted by Crippen LogP contribution is 2.41. The number of nitrogens with zero attached hydrogens (tertiary/aromatic N) is 1. The van der Waals surface area contributed by atoms with Gasteiger partial charge in [0.2, 0.25) is 0 Å². The van der Waals surface area contributed by atoms with E-state index in [0.29, 0.717) is 6.07 Å². The molecule has 2 aromatic rings. The molecule has 1 aromatic carbocycles. The Morgan fingerprint density at radius 3 is 2.50 bits per heavy atom. The fraction of sp³-hybridized carbons (Fsp3) is 0.400. The summed E-state index contributed by atoms with van der Waals surface area (Å²) >= 11 is 12.1. The summed E-state index contributed by atoms with van der Waals surface area (Å²) in [6, 6.07) is 4.35. The van der Waals surface area contributed by atoms with Gasteiger partial charge in [-0.05, 0) is 49.9 Å². The number of aliphatic hydroxyl groups is 1. The molecule has 10 heteroatoms. The molecule has 162 valence electrons. The van der Waals surface area contributed by atoms with Crippen LogP contribution in [0, 0.1) is 0 Å². The zero-order valence-corrected chi connectivity index (χ0v) is 17.0. The van der Waals surface area contributed by atoms with E-state index < -0.39 is 41.0 Å². The number of nitrogens with one attached hydrogen (secondary N) is 1. The van der Waals surface area contributed by atoms with Crippen molar-refractivity contribution in [2.75, 3.05) is 0 Å². The van der Waals surface area contributed by atoms with Gasteiger partial charge in [0.05, 0.1) is 27.8 Å². The van der Waals surface area contributed by atoms with Gasteiger partial charge < -0.3 is 10.4 Å². The molecule has 1 atom stereocenters. The Morgan fingerprint density at radius 2 is 1.90 bits per heavy atom. The maximum Gasteiger partial charge on any atom is 0.416 e. The van der Waals surface area contributed by atoms with E-state index in [-0.39, 0.29) is 41.4 Å². The van der Waals surface area contributed by atoms with Gasteiger partial charge in [0.25, 0.3) is 5.91 Å². The summed E-state index contributed by atoms with van der Waals surface area (Å²) in [7, 11) is 0. The van der Waals surface area contributed by atoms with Crippen molar-refractivity contribution in [3.8, 4) is 0 Å². The van der Waals surface area contributed by atoms with E-state index in [1.54, 1.807) is 6.07 Å². The molecule has 30 heavy (non-hydrogen) atoms. The molecular formula is C20H18Cl2F4N2O2. The average molecular weight is 465 g/mol. The number of hydrogen-bond acceptors (Lipinski definition) is 3. The Labute approximate surface area is 180 Å². The van der Waals surface area contributed by atoms with E-state index in [0.717, 1.165) is 12.1 Å². The van der Waals surface area contributed by atoms with Crippen LogP contribution >= 0.6 is 23.2 Å². The highest BCUT2D eigenvalue weighted by atomic mass is 35.5. The molecule has 0 spiro atoms. The number of amides is 1. The molecule has 0 aliphatic heterocycles. The first kappa shape index (κ1) is 22.8. The minimum atomic E-state index is -4.66. The Morgan fingerprint density at radius 1 is 1.23 bits per heavy atom. The van der Waals surface area contributed by atoms with E-state index in [4.69, 9.17) is 23.2 Å². The molecule has 1 heterocycles. The van der Waals surface area contributed by atoms with Crippen LogP contribution < -0.4 is 5.32 Å².